The largest absolute Gasteiger partial charge is 0.478 e. The zero-order valence-corrected chi connectivity index (χ0v) is 16.2. The lowest BCUT2D eigenvalue weighted by molar-refractivity contribution is 0.0696. The third kappa shape index (κ3) is 5.23. The van der Waals surface area contributed by atoms with E-state index in [9.17, 15) is 19.4 Å². The first kappa shape index (κ1) is 20.6. The Labute approximate surface area is 167 Å². The van der Waals surface area contributed by atoms with E-state index >= 15 is 0 Å². The smallest absolute Gasteiger partial charge is 0.335 e. The normalized spacial score (nSPS) is 11.0. The van der Waals surface area contributed by atoms with Crippen LogP contribution >= 0.6 is 0 Å². The Morgan fingerprint density at radius 3 is 2.41 bits per heavy atom. The standard InChI is InChI=1S/C21H23FN4O3/c1-2-19-24-25-20(26(19)12-14-6-8-16(22)9-7-14)5-3-4-17-10-15(21(28)29)11-18(13-27)23-17/h6-11,27H,2-5,12-13H2,1H3,(H,28,29). The van der Waals surface area contributed by atoms with Gasteiger partial charge >= 0.3 is 5.97 Å². The fourth-order valence-electron chi connectivity index (χ4n) is 3.18. The van der Waals surface area contributed by atoms with Crippen LogP contribution in [0.1, 0.15) is 52.3 Å². The predicted octanol–water partition coefficient (Wildman–Crippen LogP) is 2.79. The summed E-state index contributed by atoms with van der Waals surface area (Å²) in [5, 5.41) is 27.0. The van der Waals surface area contributed by atoms with E-state index in [1.807, 2.05) is 11.5 Å². The Morgan fingerprint density at radius 2 is 1.76 bits per heavy atom. The zero-order chi connectivity index (χ0) is 20.8. The molecule has 0 atom stereocenters. The molecule has 0 fully saturated rings. The molecule has 8 heteroatoms. The molecule has 3 rings (SSSR count). The summed E-state index contributed by atoms with van der Waals surface area (Å²) in [7, 11) is 0. The summed E-state index contributed by atoms with van der Waals surface area (Å²) in [6, 6.07) is 9.27. The highest BCUT2D eigenvalue weighted by molar-refractivity contribution is 5.87. The molecule has 0 aliphatic rings. The van der Waals surface area contributed by atoms with E-state index in [4.69, 9.17) is 0 Å². The van der Waals surface area contributed by atoms with Gasteiger partial charge in [0, 0.05) is 18.5 Å². The van der Waals surface area contributed by atoms with Gasteiger partial charge in [-0.15, -0.1) is 10.2 Å². The van der Waals surface area contributed by atoms with Crippen LogP contribution in [0.25, 0.3) is 0 Å². The molecule has 2 heterocycles. The van der Waals surface area contributed by atoms with E-state index in [1.54, 1.807) is 12.1 Å². The highest BCUT2D eigenvalue weighted by Gasteiger charge is 2.13. The summed E-state index contributed by atoms with van der Waals surface area (Å²) >= 11 is 0. The maximum atomic E-state index is 13.2. The van der Waals surface area contributed by atoms with Crippen molar-refractivity contribution in [2.75, 3.05) is 0 Å². The molecule has 29 heavy (non-hydrogen) atoms. The lowest BCUT2D eigenvalue weighted by Gasteiger charge is -2.10. The minimum Gasteiger partial charge on any atom is -0.478 e. The second kappa shape index (κ2) is 9.38. The van der Waals surface area contributed by atoms with Crippen molar-refractivity contribution in [2.24, 2.45) is 0 Å². The molecule has 2 aromatic heterocycles. The molecule has 0 saturated carbocycles. The minimum atomic E-state index is -1.05. The Bertz CT molecular complexity index is 986. The van der Waals surface area contributed by atoms with Crippen molar-refractivity contribution < 1.29 is 19.4 Å². The molecule has 0 bridgehead atoms. The number of pyridine rings is 1. The second-order valence-corrected chi connectivity index (χ2v) is 6.75. The van der Waals surface area contributed by atoms with Crippen LogP contribution in [0.5, 0.6) is 0 Å². The summed E-state index contributed by atoms with van der Waals surface area (Å²) in [4.78, 5) is 15.5. The van der Waals surface area contributed by atoms with Gasteiger partial charge in [0.1, 0.15) is 17.5 Å². The molecule has 7 nitrogen and oxygen atoms in total. The number of nitrogens with zero attached hydrogens (tertiary/aromatic N) is 4. The maximum absolute atomic E-state index is 13.2. The van der Waals surface area contributed by atoms with E-state index in [1.165, 1.54) is 24.3 Å². The van der Waals surface area contributed by atoms with E-state index in [-0.39, 0.29) is 18.0 Å². The number of aliphatic hydroxyl groups excluding tert-OH is 1. The van der Waals surface area contributed by atoms with Crippen molar-refractivity contribution in [1.29, 1.82) is 0 Å². The average molecular weight is 398 g/mol. The number of hydrogen-bond donors (Lipinski definition) is 2. The summed E-state index contributed by atoms with van der Waals surface area (Å²) in [6.07, 6.45) is 2.63. The quantitative estimate of drug-likeness (QED) is 0.575. The van der Waals surface area contributed by atoms with E-state index in [0.717, 1.165) is 23.6 Å². The SMILES string of the molecule is CCc1nnc(CCCc2cc(C(=O)O)cc(CO)n2)n1Cc1ccc(F)cc1. The van der Waals surface area contributed by atoms with Crippen molar-refractivity contribution in [3.05, 3.63) is 76.4 Å². The Kier molecular flexibility index (Phi) is 6.66. The van der Waals surface area contributed by atoms with Gasteiger partial charge < -0.3 is 14.8 Å². The Balaban J connectivity index is 1.71. The molecule has 0 saturated heterocycles. The van der Waals surface area contributed by atoms with E-state index in [2.05, 4.69) is 15.2 Å². The van der Waals surface area contributed by atoms with Crippen LogP contribution in [0.3, 0.4) is 0 Å². The van der Waals surface area contributed by atoms with Crippen LogP contribution in [-0.2, 0) is 32.4 Å². The van der Waals surface area contributed by atoms with Crippen molar-refractivity contribution in [3.8, 4) is 0 Å². The molecule has 2 N–H and O–H groups in total. The number of aryl methyl sites for hydroxylation is 3. The molecule has 0 radical (unpaired) electrons. The van der Waals surface area contributed by atoms with Gasteiger partial charge in [0.25, 0.3) is 0 Å². The molecule has 0 amide bonds. The monoisotopic (exact) mass is 398 g/mol. The van der Waals surface area contributed by atoms with E-state index in [0.29, 0.717) is 37.2 Å². The van der Waals surface area contributed by atoms with Gasteiger partial charge in [-0.25, -0.2) is 9.18 Å². The lowest BCUT2D eigenvalue weighted by Crippen LogP contribution is -2.10. The van der Waals surface area contributed by atoms with Gasteiger partial charge in [0.15, 0.2) is 0 Å². The van der Waals surface area contributed by atoms with Crippen LogP contribution in [0, 0.1) is 5.82 Å². The number of hydrogen-bond acceptors (Lipinski definition) is 5. The molecule has 0 aliphatic heterocycles. The molecular weight excluding hydrogens is 375 g/mol. The number of aromatic carboxylic acids is 1. The van der Waals surface area contributed by atoms with Crippen molar-refractivity contribution in [3.63, 3.8) is 0 Å². The van der Waals surface area contributed by atoms with Gasteiger partial charge in [0.05, 0.1) is 24.4 Å². The van der Waals surface area contributed by atoms with Gasteiger partial charge in [0.2, 0.25) is 0 Å². The first-order valence-corrected chi connectivity index (χ1v) is 9.49. The Morgan fingerprint density at radius 1 is 1.07 bits per heavy atom. The summed E-state index contributed by atoms with van der Waals surface area (Å²) in [6.45, 7) is 2.26. The van der Waals surface area contributed by atoms with Crippen LogP contribution in [-0.4, -0.2) is 35.9 Å². The average Bonchev–Trinajstić information content (AvgIpc) is 3.11. The molecule has 1 aromatic carbocycles. The third-order valence-corrected chi connectivity index (χ3v) is 4.65. The number of aliphatic hydroxyl groups is 1. The third-order valence-electron chi connectivity index (χ3n) is 4.65. The first-order chi connectivity index (χ1) is 14.0. The predicted molar refractivity (Wildman–Crippen MR) is 104 cm³/mol. The van der Waals surface area contributed by atoms with E-state index < -0.39 is 5.97 Å². The van der Waals surface area contributed by atoms with Crippen molar-refractivity contribution in [2.45, 2.75) is 45.8 Å². The molecule has 0 unspecified atom stereocenters. The second-order valence-electron chi connectivity index (χ2n) is 6.75. The number of carboxylic acid groups (broad SMARTS) is 1. The summed E-state index contributed by atoms with van der Waals surface area (Å²) in [5.74, 6) is 0.364. The van der Waals surface area contributed by atoms with Gasteiger partial charge in [-0.1, -0.05) is 19.1 Å². The van der Waals surface area contributed by atoms with Crippen LogP contribution < -0.4 is 0 Å². The number of aromatic nitrogens is 4. The lowest BCUT2D eigenvalue weighted by atomic mass is 10.1. The van der Waals surface area contributed by atoms with Crippen molar-refractivity contribution >= 4 is 5.97 Å². The fourth-order valence-corrected chi connectivity index (χ4v) is 3.18. The van der Waals surface area contributed by atoms with Gasteiger partial charge in [-0.2, -0.15) is 0 Å². The molecule has 3 aromatic rings. The number of benzene rings is 1. The minimum absolute atomic E-state index is 0.117. The number of carboxylic acids is 1. The van der Waals surface area contributed by atoms with Crippen LogP contribution in [0.2, 0.25) is 0 Å². The maximum Gasteiger partial charge on any atom is 0.335 e. The molecular formula is C21H23FN4O3. The highest BCUT2D eigenvalue weighted by Crippen LogP contribution is 2.14. The number of carbonyl (C=O) groups is 1. The first-order valence-electron chi connectivity index (χ1n) is 9.49. The zero-order valence-electron chi connectivity index (χ0n) is 16.2. The molecule has 0 spiro atoms. The molecule has 152 valence electrons. The summed E-state index contributed by atoms with van der Waals surface area (Å²) in [5.41, 5.74) is 2.04. The van der Waals surface area contributed by atoms with Gasteiger partial charge in [-0.3, -0.25) is 4.98 Å². The van der Waals surface area contributed by atoms with Crippen molar-refractivity contribution in [1.82, 2.24) is 19.7 Å². The molecule has 0 aliphatic carbocycles. The topological polar surface area (TPSA) is 101 Å². The van der Waals surface area contributed by atoms with Gasteiger partial charge in [-0.05, 0) is 42.7 Å². The van der Waals surface area contributed by atoms with Crippen LogP contribution in [0.4, 0.5) is 4.39 Å². The Hall–Kier alpha value is -3.13. The number of rotatable bonds is 9. The number of halogens is 1. The van der Waals surface area contributed by atoms with Crippen LogP contribution in [0.15, 0.2) is 36.4 Å². The highest BCUT2D eigenvalue weighted by atomic mass is 19.1. The summed E-state index contributed by atoms with van der Waals surface area (Å²) < 4.78 is 15.2. The fraction of sp³-hybridized carbons (Fsp3) is 0.333.